The summed E-state index contributed by atoms with van der Waals surface area (Å²) in [5.41, 5.74) is 1.69. The molecule has 6 nitrogen and oxygen atoms in total. The zero-order valence-electron chi connectivity index (χ0n) is 17.4. The molecule has 0 saturated heterocycles. The molecule has 0 fully saturated rings. The largest absolute Gasteiger partial charge is 0.494 e. The molecule has 1 N–H and O–H groups in total. The zero-order chi connectivity index (χ0) is 21.6. The summed E-state index contributed by atoms with van der Waals surface area (Å²) in [7, 11) is -2.38. The van der Waals surface area contributed by atoms with E-state index in [1.165, 1.54) is 13.1 Å². The Morgan fingerprint density at radius 2 is 1.86 bits per heavy atom. The first kappa shape index (κ1) is 23.3. The van der Waals surface area contributed by atoms with Gasteiger partial charge in [-0.1, -0.05) is 12.1 Å². The third kappa shape index (κ3) is 5.98. The number of nitrogens with one attached hydrogen (secondary N) is 1. The van der Waals surface area contributed by atoms with Crippen LogP contribution in [0.15, 0.2) is 52.3 Å². The van der Waals surface area contributed by atoms with Gasteiger partial charge in [-0.25, -0.2) is 8.42 Å². The lowest BCUT2D eigenvalue weighted by molar-refractivity contribution is -0.121. The first-order valence-corrected chi connectivity index (χ1v) is 12.0. The van der Waals surface area contributed by atoms with Crippen molar-refractivity contribution in [3.05, 3.63) is 53.6 Å². The molecule has 0 radical (unpaired) electrons. The summed E-state index contributed by atoms with van der Waals surface area (Å²) in [5.74, 6) is 0.285. The van der Waals surface area contributed by atoms with Gasteiger partial charge in [0.2, 0.25) is 15.9 Å². The van der Waals surface area contributed by atoms with E-state index in [-0.39, 0.29) is 23.4 Å². The van der Waals surface area contributed by atoms with E-state index in [2.05, 4.69) is 5.32 Å². The summed E-state index contributed by atoms with van der Waals surface area (Å²) in [4.78, 5) is 13.7. The van der Waals surface area contributed by atoms with Crippen molar-refractivity contribution in [2.45, 2.75) is 36.6 Å². The summed E-state index contributed by atoms with van der Waals surface area (Å²) in [5, 5.41) is 2.85. The molecule has 0 aliphatic rings. The van der Waals surface area contributed by atoms with Crippen LogP contribution in [0.2, 0.25) is 0 Å². The first-order valence-electron chi connectivity index (χ1n) is 9.32. The third-order valence-electron chi connectivity index (χ3n) is 4.51. The molecule has 2 aromatic rings. The number of sulfonamides is 1. The minimum absolute atomic E-state index is 0.134. The van der Waals surface area contributed by atoms with Crippen molar-refractivity contribution in [3.63, 3.8) is 0 Å². The topological polar surface area (TPSA) is 75.7 Å². The average molecular weight is 437 g/mol. The zero-order valence-corrected chi connectivity index (χ0v) is 19.1. The Kier molecular flexibility index (Phi) is 8.13. The number of hydrogen-bond acceptors (Lipinski definition) is 5. The highest BCUT2D eigenvalue weighted by atomic mass is 32.2. The van der Waals surface area contributed by atoms with E-state index in [9.17, 15) is 13.2 Å². The van der Waals surface area contributed by atoms with Gasteiger partial charge in [-0.2, -0.15) is 4.31 Å². The van der Waals surface area contributed by atoms with E-state index >= 15 is 0 Å². The summed E-state index contributed by atoms with van der Waals surface area (Å²) in [6.45, 7) is 5.78. The van der Waals surface area contributed by atoms with Gasteiger partial charge >= 0.3 is 0 Å². The van der Waals surface area contributed by atoms with Crippen LogP contribution in [0.1, 0.15) is 31.0 Å². The molecule has 1 amide bonds. The molecule has 0 heterocycles. The summed E-state index contributed by atoms with van der Waals surface area (Å²) in [6, 6.07) is 12.4. The number of carbonyl (C=O) groups excluding carboxylic acids is 1. The second-order valence-corrected chi connectivity index (χ2v) is 9.61. The molecule has 8 heteroatoms. The molecule has 29 heavy (non-hydrogen) atoms. The van der Waals surface area contributed by atoms with Crippen LogP contribution < -0.4 is 10.1 Å². The van der Waals surface area contributed by atoms with Crippen molar-refractivity contribution in [3.8, 4) is 5.75 Å². The fourth-order valence-corrected chi connectivity index (χ4v) is 4.45. The van der Waals surface area contributed by atoms with Crippen LogP contribution in [0.25, 0.3) is 0 Å². The SMILES string of the molecule is CCOc1ccc(S(=O)(=O)N(C)CC(=O)NC(C)c2ccc(SC)cc2)cc1C. The Bertz CT molecular complexity index is 944. The minimum Gasteiger partial charge on any atom is -0.494 e. The molecule has 2 aromatic carbocycles. The predicted molar refractivity (Wildman–Crippen MR) is 117 cm³/mol. The lowest BCUT2D eigenvalue weighted by atomic mass is 10.1. The van der Waals surface area contributed by atoms with Crippen molar-refractivity contribution >= 4 is 27.7 Å². The van der Waals surface area contributed by atoms with Gasteiger partial charge in [0.05, 0.1) is 24.1 Å². The number of thioether (sulfide) groups is 1. The van der Waals surface area contributed by atoms with Gasteiger partial charge in [0.25, 0.3) is 0 Å². The fourth-order valence-electron chi connectivity index (χ4n) is 2.83. The van der Waals surface area contributed by atoms with Gasteiger partial charge < -0.3 is 10.1 Å². The maximum absolute atomic E-state index is 12.8. The summed E-state index contributed by atoms with van der Waals surface area (Å²) >= 11 is 1.65. The molecule has 0 aliphatic heterocycles. The third-order valence-corrected chi connectivity index (χ3v) is 7.06. The van der Waals surface area contributed by atoms with E-state index in [4.69, 9.17) is 4.74 Å². The second-order valence-electron chi connectivity index (χ2n) is 6.68. The van der Waals surface area contributed by atoms with Gasteiger partial charge in [-0.15, -0.1) is 11.8 Å². The minimum atomic E-state index is -3.78. The van der Waals surface area contributed by atoms with E-state index in [1.807, 2.05) is 44.4 Å². The number of amides is 1. The highest BCUT2D eigenvalue weighted by Crippen LogP contribution is 2.24. The summed E-state index contributed by atoms with van der Waals surface area (Å²) < 4.78 is 32.1. The van der Waals surface area contributed by atoms with Crippen molar-refractivity contribution in [2.75, 3.05) is 26.5 Å². The molecule has 1 unspecified atom stereocenters. The lowest BCUT2D eigenvalue weighted by Crippen LogP contribution is -2.39. The van der Waals surface area contributed by atoms with Gasteiger partial charge in [0.1, 0.15) is 5.75 Å². The average Bonchev–Trinajstić information content (AvgIpc) is 2.69. The lowest BCUT2D eigenvalue weighted by Gasteiger charge is -2.20. The number of benzene rings is 2. The van der Waals surface area contributed by atoms with Crippen molar-refractivity contribution in [1.82, 2.24) is 9.62 Å². The fraction of sp³-hybridized carbons (Fsp3) is 0.381. The second kappa shape index (κ2) is 10.1. The number of ether oxygens (including phenoxy) is 1. The quantitative estimate of drug-likeness (QED) is 0.608. The summed E-state index contributed by atoms with van der Waals surface area (Å²) in [6.07, 6.45) is 2.00. The Hall–Kier alpha value is -2.03. The number of hydrogen-bond donors (Lipinski definition) is 1. The van der Waals surface area contributed by atoms with Crippen LogP contribution in [0.3, 0.4) is 0 Å². The molecule has 0 aliphatic carbocycles. The number of carbonyl (C=O) groups is 1. The number of aryl methyl sites for hydroxylation is 1. The van der Waals surface area contributed by atoms with Crippen LogP contribution in [-0.2, 0) is 14.8 Å². The Labute approximate surface area is 177 Å². The number of nitrogens with zero attached hydrogens (tertiary/aromatic N) is 1. The normalized spacial score (nSPS) is 12.6. The molecule has 0 bridgehead atoms. The molecular weight excluding hydrogens is 408 g/mol. The first-order chi connectivity index (χ1) is 13.7. The molecule has 1 atom stereocenters. The number of rotatable bonds is 9. The van der Waals surface area contributed by atoms with Gasteiger partial charge in [-0.3, -0.25) is 4.79 Å². The van der Waals surface area contributed by atoms with E-state index in [1.54, 1.807) is 30.8 Å². The van der Waals surface area contributed by atoms with Gasteiger partial charge in [0, 0.05) is 11.9 Å². The Balaban J connectivity index is 2.04. The maximum atomic E-state index is 12.8. The standard InChI is InChI=1S/C21H28N2O4S2/c1-6-27-20-12-11-19(13-15(20)2)29(25,26)23(4)14-21(24)22-16(3)17-7-9-18(28-5)10-8-17/h7-13,16H,6,14H2,1-5H3,(H,22,24). The number of likely N-dealkylation sites (N-methyl/N-ethyl adjacent to an activating group) is 1. The van der Waals surface area contributed by atoms with Crippen molar-refractivity contribution in [2.24, 2.45) is 0 Å². The molecular formula is C21H28N2O4S2. The Morgan fingerprint density at radius 1 is 1.21 bits per heavy atom. The van der Waals surface area contributed by atoms with Crippen LogP contribution >= 0.6 is 11.8 Å². The molecule has 0 aromatic heterocycles. The predicted octanol–water partition coefficient (Wildman–Crippen LogP) is 3.61. The Morgan fingerprint density at radius 3 is 2.41 bits per heavy atom. The molecule has 158 valence electrons. The van der Waals surface area contributed by atoms with Gasteiger partial charge in [0.15, 0.2) is 0 Å². The molecule has 0 spiro atoms. The van der Waals surface area contributed by atoms with Crippen LogP contribution in [0.4, 0.5) is 0 Å². The highest BCUT2D eigenvalue weighted by molar-refractivity contribution is 7.98. The smallest absolute Gasteiger partial charge is 0.243 e. The van der Waals surface area contributed by atoms with Crippen LogP contribution in [-0.4, -0.2) is 45.1 Å². The monoisotopic (exact) mass is 436 g/mol. The van der Waals surface area contributed by atoms with Crippen molar-refractivity contribution in [1.29, 1.82) is 0 Å². The molecule has 0 saturated carbocycles. The van der Waals surface area contributed by atoms with E-state index < -0.39 is 10.0 Å². The van der Waals surface area contributed by atoms with Crippen LogP contribution in [0, 0.1) is 6.92 Å². The van der Waals surface area contributed by atoms with E-state index in [0.717, 1.165) is 20.3 Å². The van der Waals surface area contributed by atoms with Crippen LogP contribution in [0.5, 0.6) is 5.75 Å². The van der Waals surface area contributed by atoms with Gasteiger partial charge in [-0.05, 0) is 68.5 Å². The highest BCUT2D eigenvalue weighted by Gasteiger charge is 2.24. The molecule has 2 rings (SSSR count). The van der Waals surface area contributed by atoms with Crippen molar-refractivity contribution < 1.29 is 17.9 Å². The van der Waals surface area contributed by atoms with E-state index in [0.29, 0.717) is 12.4 Å². The maximum Gasteiger partial charge on any atom is 0.243 e.